The molecule has 3 aromatic rings. The zero-order chi connectivity index (χ0) is 22.5. The Labute approximate surface area is 195 Å². The molecule has 3 aliphatic rings. The summed E-state index contributed by atoms with van der Waals surface area (Å²) in [5, 5.41) is 8.60. The van der Waals surface area contributed by atoms with Gasteiger partial charge >= 0.3 is 0 Å². The number of imide groups is 1. The molecule has 1 aromatic heterocycles. The van der Waals surface area contributed by atoms with E-state index in [2.05, 4.69) is 21.5 Å². The van der Waals surface area contributed by atoms with Gasteiger partial charge in [0.25, 0.3) is 5.95 Å². The number of nitrogens with one attached hydrogen (secondary N) is 1. The number of amides is 2. The zero-order valence-electron chi connectivity index (χ0n) is 17.6. The van der Waals surface area contributed by atoms with Crippen molar-refractivity contribution in [2.24, 2.45) is 11.8 Å². The molecule has 1 aliphatic carbocycles. The van der Waals surface area contributed by atoms with E-state index in [4.69, 9.17) is 11.6 Å². The molecule has 1 saturated heterocycles. The maximum Gasteiger partial charge on any atom is 0.260 e. The summed E-state index contributed by atoms with van der Waals surface area (Å²) in [6.07, 6.45) is 7.14. The van der Waals surface area contributed by atoms with Crippen molar-refractivity contribution < 1.29 is 9.59 Å². The number of halogens is 1. The SMILES string of the molecule is O=C1[C@H]2CC=CC[C@H]2C(=O)N1c1nc2n(n1)[C@H](c1ccc(Cl)cc1)C=C(c1ccccc1)N2. The van der Waals surface area contributed by atoms with Crippen molar-refractivity contribution in [2.75, 3.05) is 10.2 Å². The Hall–Kier alpha value is -3.71. The van der Waals surface area contributed by atoms with Crippen LogP contribution in [0.5, 0.6) is 0 Å². The van der Waals surface area contributed by atoms with Crippen LogP contribution in [0.4, 0.5) is 11.9 Å². The van der Waals surface area contributed by atoms with E-state index in [1.807, 2.05) is 66.7 Å². The van der Waals surface area contributed by atoms with E-state index in [1.165, 1.54) is 0 Å². The van der Waals surface area contributed by atoms with Crippen LogP contribution in [0, 0.1) is 11.8 Å². The van der Waals surface area contributed by atoms with Gasteiger partial charge in [0.05, 0.1) is 11.8 Å². The average molecular weight is 458 g/mol. The van der Waals surface area contributed by atoms with Crippen LogP contribution < -0.4 is 10.2 Å². The van der Waals surface area contributed by atoms with Crippen molar-refractivity contribution >= 4 is 41.0 Å². The first kappa shape index (κ1) is 19.9. The Balaban J connectivity index is 1.43. The lowest BCUT2D eigenvalue weighted by Gasteiger charge is -2.24. The van der Waals surface area contributed by atoms with Gasteiger partial charge in [-0.3, -0.25) is 9.59 Å². The lowest BCUT2D eigenvalue weighted by atomic mass is 9.85. The number of hydrogen-bond donors (Lipinski definition) is 1. The van der Waals surface area contributed by atoms with Gasteiger partial charge in [0, 0.05) is 10.7 Å². The fourth-order valence-electron chi connectivity index (χ4n) is 4.76. The third-order valence-corrected chi connectivity index (χ3v) is 6.71. The summed E-state index contributed by atoms with van der Waals surface area (Å²) in [6.45, 7) is 0. The van der Waals surface area contributed by atoms with Crippen molar-refractivity contribution in [3.8, 4) is 0 Å². The smallest absolute Gasteiger partial charge is 0.260 e. The molecule has 0 radical (unpaired) electrons. The molecule has 0 unspecified atom stereocenters. The Bertz CT molecular complexity index is 1290. The highest BCUT2D eigenvalue weighted by Crippen LogP contribution is 2.39. The Morgan fingerprint density at radius 2 is 1.58 bits per heavy atom. The van der Waals surface area contributed by atoms with E-state index >= 15 is 0 Å². The maximum atomic E-state index is 13.1. The van der Waals surface area contributed by atoms with Gasteiger partial charge < -0.3 is 5.32 Å². The van der Waals surface area contributed by atoms with Crippen LogP contribution in [0.15, 0.2) is 72.8 Å². The number of benzene rings is 2. The van der Waals surface area contributed by atoms with Gasteiger partial charge in [0.1, 0.15) is 6.04 Å². The van der Waals surface area contributed by atoms with Gasteiger partial charge in [-0.15, -0.1) is 5.10 Å². The number of anilines is 2. The fraction of sp³-hybridized carbons (Fsp3) is 0.200. The number of nitrogens with zero attached hydrogens (tertiary/aromatic N) is 4. The second-order valence-electron chi connectivity index (χ2n) is 8.42. The van der Waals surface area contributed by atoms with E-state index in [9.17, 15) is 9.59 Å². The molecule has 0 spiro atoms. The van der Waals surface area contributed by atoms with Gasteiger partial charge in [0.15, 0.2) is 0 Å². The predicted octanol–water partition coefficient (Wildman–Crippen LogP) is 4.44. The van der Waals surface area contributed by atoms with Crippen molar-refractivity contribution in [3.63, 3.8) is 0 Å². The summed E-state index contributed by atoms with van der Waals surface area (Å²) in [5.41, 5.74) is 2.83. The Kier molecular flexibility index (Phi) is 4.66. The summed E-state index contributed by atoms with van der Waals surface area (Å²) in [7, 11) is 0. The van der Waals surface area contributed by atoms with Gasteiger partial charge in [0.2, 0.25) is 17.8 Å². The molecule has 1 fully saturated rings. The molecule has 7 nitrogen and oxygen atoms in total. The van der Waals surface area contributed by atoms with E-state index in [0.717, 1.165) is 21.7 Å². The van der Waals surface area contributed by atoms with Gasteiger partial charge in [-0.1, -0.05) is 66.2 Å². The minimum atomic E-state index is -0.332. The molecule has 1 N–H and O–H groups in total. The fourth-order valence-corrected chi connectivity index (χ4v) is 4.88. The Morgan fingerprint density at radius 1 is 0.909 bits per heavy atom. The van der Waals surface area contributed by atoms with Crippen LogP contribution in [-0.4, -0.2) is 26.6 Å². The molecular weight excluding hydrogens is 438 g/mol. The lowest BCUT2D eigenvalue weighted by molar-refractivity contribution is -0.122. The average Bonchev–Trinajstić information content (AvgIpc) is 3.38. The summed E-state index contributed by atoms with van der Waals surface area (Å²) in [5.74, 6) is -0.529. The van der Waals surface area contributed by atoms with Gasteiger partial charge in [-0.25, -0.2) is 9.58 Å². The first-order chi connectivity index (χ1) is 16.1. The monoisotopic (exact) mass is 457 g/mol. The summed E-state index contributed by atoms with van der Waals surface area (Å²) < 4.78 is 1.71. The van der Waals surface area contributed by atoms with Crippen molar-refractivity contribution in [1.82, 2.24) is 14.8 Å². The molecule has 6 rings (SSSR count). The number of rotatable bonds is 3. The van der Waals surface area contributed by atoms with Crippen LogP contribution in [0.25, 0.3) is 5.70 Å². The molecule has 0 saturated carbocycles. The van der Waals surface area contributed by atoms with Crippen molar-refractivity contribution in [3.05, 3.63) is 89.0 Å². The first-order valence-electron chi connectivity index (χ1n) is 10.9. The number of allylic oxidation sites excluding steroid dienone is 3. The maximum absolute atomic E-state index is 13.1. The highest BCUT2D eigenvalue weighted by atomic mass is 35.5. The second-order valence-corrected chi connectivity index (χ2v) is 8.85. The van der Waals surface area contributed by atoms with Crippen LogP contribution in [0.3, 0.4) is 0 Å². The molecule has 33 heavy (non-hydrogen) atoms. The van der Waals surface area contributed by atoms with Crippen LogP contribution in [-0.2, 0) is 9.59 Å². The highest BCUT2D eigenvalue weighted by Gasteiger charge is 2.49. The molecule has 3 heterocycles. The van der Waals surface area contributed by atoms with Crippen LogP contribution in [0.2, 0.25) is 5.02 Å². The number of hydrogen-bond acceptors (Lipinski definition) is 5. The highest BCUT2D eigenvalue weighted by molar-refractivity contribution is 6.30. The van der Waals surface area contributed by atoms with Crippen molar-refractivity contribution in [1.29, 1.82) is 0 Å². The lowest BCUT2D eigenvalue weighted by Crippen LogP contribution is -2.32. The molecule has 2 amide bonds. The number of carbonyl (C=O) groups excluding carboxylic acids is 2. The summed E-state index contributed by atoms with van der Waals surface area (Å²) >= 11 is 6.11. The number of carbonyl (C=O) groups is 2. The van der Waals surface area contributed by atoms with E-state index in [1.54, 1.807) is 4.68 Å². The van der Waals surface area contributed by atoms with E-state index in [-0.39, 0.29) is 35.6 Å². The van der Waals surface area contributed by atoms with Gasteiger partial charge in [-0.05, 0) is 42.2 Å². The number of aromatic nitrogens is 3. The Morgan fingerprint density at radius 3 is 2.24 bits per heavy atom. The molecule has 0 bridgehead atoms. The molecule has 3 atom stereocenters. The normalized spacial score (nSPS) is 23.7. The second kappa shape index (κ2) is 7.71. The minimum absolute atomic E-state index is 0.114. The minimum Gasteiger partial charge on any atom is -0.324 e. The largest absolute Gasteiger partial charge is 0.324 e. The molecular formula is C25H20ClN5O2. The first-order valence-corrected chi connectivity index (χ1v) is 11.3. The zero-order valence-corrected chi connectivity index (χ0v) is 18.3. The summed E-state index contributed by atoms with van der Waals surface area (Å²) in [4.78, 5) is 31.9. The van der Waals surface area contributed by atoms with Gasteiger partial charge in [-0.2, -0.15) is 4.98 Å². The van der Waals surface area contributed by atoms with E-state index < -0.39 is 0 Å². The third-order valence-electron chi connectivity index (χ3n) is 6.46. The predicted molar refractivity (Wildman–Crippen MR) is 126 cm³/mol. The topological polar surface area (TPSA) is 80.1 Å². The third kappa shape index (κ3) is 3.27. The standard InChI is InChI=1S/C25H20ClN5O2/c26-17-12-10-16(11-13-17)21-14-20(15-6-2-1-3-7-15)27-24-28-25(29-31(21)24)30-22(32)18-8-4-5-9-19(18)23(30)33/h1-7,10-14,18-19,21H,8-9H2,(H,27,28,29)/t18-,19+,21-/m0/s1. The van der Waals surface area contributed by atoms with Crippen LogP contribution >= 0.6 is 11.6 Å². The quantitative estimate of drug-likeness (QED) is 0.464. The molecule has 8 heteroatoms. The molecule has 2 aromatic carbocycles. The number of fused-ring (bicyclic) bond motifs is 2. The summed E-state index contributed by atoms with van der Waals surface area (Å²) in [6, 6.07) is 17.2. The molecule has 2 aliphatic heterocycles. The molecule has 164 valence electrons. The van der Waals surface area contributed by atoms with Crippen LogP contribution in [0.1, 0.15) is 30.0 Å². The van der Waals surface area contributed by atoms with E-state index in [0.29, 0.717) is 23.8 Å². The van der Waals surface area contributed by atoms with Crippen molar-refractivity contribution in [2.45, 2.75) is 18.9 Å².